The van der Waals surface area contributed by atoms with E-state index in [4.69, 9.17) is 9.84 Å². The van der Waals surface area contributed by atoms with Crippen LogP contribution in [0.15, 0.2) is 17.7 Å². The zero-order valence-electron chi connectivity index (χ0n) is 11.8. The van der Waals surface area contributed by atoms with Crippen LogP contribution in [0.2, 0.25) is 0 Å². The minimum atomic E-state index is -4.77. The lowest BCUT2D eigenvalue weighted by molar-refractivity contribution is -0.187. The molecule has 6 heteroatoms. The molecular weight excluding hydrogens is 285 g/mol. The Morgan fingerprint density at radius 3 is 2.43 bits per heavy atom. The lowest BCUT2D eigenvalue weighted by Crippen LogP contribution is -2.40. The number of hydrogen-bond acceptors (Lipinski definition) is 2. The molecule has 0 amide bonds. The molecule has 0 saturated heterocycles. The monoisotopic (exact) mass is 300 g/mol. The van der Waals surface area contributed by atoms with Crippen molar-refractivity contribution in [1.29, 1.82) is 0 Å². The zero-order chi connectivity index (χ0) is 15.9. The van der Waals surface area contributed by atoms with Crippen molar-refractivity contribution in [3.8, 4) is 5.75 Å². The summed E-state index contributed by atoms with van der Waals surface area (Å²) in [5, 5.41) is 9.00. The molecule has 3 nitrogen and oxygen atoms in total. The molecule has 1 aliphatic rings. The summed E-state index contributed by atoms with van der Waals surface area (Å²) in [6, 6.07) is 3.43. The van der Waals surface area contributed by atoms with Crippen molar-refractivity contribution in [3.63, 3.8) is 0 Å². The first kappa shape index (κ1) is 15.4. The Morgan fingerprint density at radius 2 is 1.95 bits per heavy atom. The summed E-state index contributed by atoms with van der Waals surface area (Å²) in [4.78, 5) is 11.1. The molecule has 2 rings (SSSR count). The van der Waals surface area contributed by atoms with Gasteiger partial charge in [0.2, 0.25) is 6.10 Å². The Hall–Kier alpha value is -1.98. The highest BCUT2D eigenvalue weighted by Crippen LogP contribution is 2.40. The van der Waals surface area contributed by atoms with E-state index in [2.05, 4.69) is 0 Å². The Morgan fingerprint density at radius 1 is 1.33 bits per heavy atom. The van der Waals surface area contributed by atoms with Crippen LogP contribution in [0.4, 0.5) is 13.2 Å². The van der Waals surface area contributed by atoms with E-state index in [0.29, 0.717) is 11.1 Å². The first-order valence-electron chi connectivity index (χ1n) is 6.44. The van der Waals surface area contributed by atoms with Gasteiger partial charge in [-0.3, -0.25) is 0 Å². The highest BCUT2D eigenvalue weighted by Gasteiger charge is 2.48. The molecular formula is C15H15F3O3. The van der Waals surface area contributed by atoms with Gasteiger partial charge >= 0.3 is 12.1 Å². The predicted octanol–water partition coefficient (Wildman–Crippen LogP) is 3.91. The number of halogens is 3. The van der Waals surface area contributed by atoms with Crippen molar-refractivity contribution in [2.75, 3.05) is 0 Å². The first-order valence-corrected chi connectivity index (χ1v) is 6.44. The Kier molecular flexibility index (Phi) is 3.74. The fourth-order valence-electron chi connectivity index (χ4n) is 2.27. The second kappa shape index (κ2) is 5.09. The van der Waals surface area contributed by atoms with E-state index in [0.717, 1.165) is 11.6 Å². The number of carbonyl (C=O) groups is 1. The zero-order valence-corrected chi connectivity index (χ0v) is 11.8. The third-order valence-corrected chi connectivity index (χ3v) is 3.37. The molecule has 0 fully saturated rings. The van der Waals surface area contributed by atoms with Crippen molar-refractivity contribution in [1.82, 2.24) is 0 Å². The number of benzene rings is 1. The summed E-state index contributed by atoms with van der Waals surface area (Å²) in [5.74, 6) is -1.36. The van der Waals surface area contributed by atoms with Gasteiger partial charge in [-0.25, -0.2) is 4.79 Å². The van der Waals surface area contributed by atoms with Gasteiger partial charge in [-0.2, -0.15) is 13.2 Å². The van der Waals surface area contributed by atoms with Gasteiger partial charge in [0, 0.05) is 5.56 Å². The van der Waals surface area contributed by atoms with Gasteiger partial charge in [0.15, 0.2) is 0 Å². The number of rotatable bonds is 2. The fraction of sp³-hybridized carbons (Fsp3) is 0.400. The van der Waals surface area contributed by atoms with E-state index in [1.165, 1.54) is 0 Å². The quantitative estimate of drug-likeness (QED) is 0.900. The molecule has 1 aromatic carbocycles. The Balaban J connectivity index is 2.61. The van der Waals surface area contributed by atoms with E-state index in [1.54, 1.807) is 19.1 Å². The summed E-state index contributed by atoms with van der Waals surface area (Å²) in [5.41, 5.74) is 1.05. The number of aliphatic carboxylic acids is 1. The molecule has 0 bridgehead atoms. The average Bonchev–Trinajstić information content (AvgIpc) is 2.35. The van der Waals surface area contributed by atoms with Crippen molar-refractivity contribution in [2.45, 2.75) is 39.0 Å². The molecule has 1 heterocycles. The van der Waals surface area contributed by atoms with Gasteiger partial charge in [0.05, 0.1) is 5.57 Å². The van der Waals surface area contributed by atoms with E-state index < -0.39 is 23.8 Å². The Bertz CT molecular complexity index is 615. The predicted molar refractivity (Wildman–Crippen MR) is 71.4 cm³/mol. The van der Waals surface area contributed by atoms with Gasteiger partial charge in [-0.05, 0) is 36.1 Å². The summed E-state index contributed by atoms with van der Waals surface area (Å²) in [6.07, 6.45) is -6.16. The molecule has 114 valence electrons. The van der Waals surface area contributed by atoms with E-state index in [1.807, 2.05) is 13.8 Å². The van der Waals surface area contributed by atoms with Crippen LogP contribution in [-0.2, 0) is 4.79 Å². The number of alkyl halides is 3. The number of hydrogen-bond donors (Lipinski definition) is 1. The summed E-state index contributed by atoms with van der Waals surface area (Å²) < 4.78 is 43.8. The smallest absolute Gasteiger partial charge is 0.430 e. The maximum absolute atomic E-state index is 13.0. The molecule has 0 aromatic heterocycles. The number of carboxylic acids is 1. The van der Waals surface area contributed by atoms with Crippen LogP contribution in [0.25, 0.3) is 6.08 Å². The molecule has 21 heavy (non-hydrogen) atoms. The third kappa shape index (κ3) is 2.89. The number of carboxylic acid groups (broad SMARTS) is 1. The number of ether oxygens (including phenoxy) is 1. The third-order valence-electron chi connectivity index (χ3n) is 3.37. The fourth-order valence-corrected chi connectivity index (χ4v) is 2.27. The van der Waals surface area contributed by atoms with E-state index >= 15 is 0 Å². The summed E-state index contributed by atoms with van der Waals surface area (Å²) in [7, 11) is 0. The maximum atomic E-state index is 13.0. The molecule has 1 unspecified atom stereocenters. The molecule has 0 aliphatic carbocycles. The van der Waals surface area contributed by atoms with Gasteiger partial charge < -0.3 is 9.84 Å². The molecule has 1 aliphatic heterocycles. The van der Waals surface area contributed by atoms with Crippen molar-refractivity contribution in [3.05, 3.63) is 34.4 Å². The molecule has 0 spiro atoms. The molecule has 0 radical (unpaired) electrons. The van der Waals surface area contributed by atoms with Gasteiger partial charge in [0.25, 0.3) is 0 Å². The van der Waals surface area contributed by atoms with Crippen molar-refractivity contribution < 1.29 is 27.8 Å². The van der Waals surface area contributed by atoms with Gasteiger partial charge in [0.1, 0.15) is 5.75 Å². The average molecular weight is 300 g/mol. The summed E-state index contributed by atoms with van der Waals surface area (Å²) >= 11 is 0. The second-order valence-electron chi connectivity index (χ2n) is 5.36. The summed E-state index contributed by atoms with van der Waals surface area (Å²) in [6.45, 7) is 5.55. The molecule has 1 aromatic rings. The van der Waals surface area contributed by atoms with Crippen LogP contribution in [-0.4, -0.2) is 23.4 Å². The van der Waals surface area contributed by atoms with Crippen molar-refractivity contribution in [2.24, 2.45) is 0 Å². The maximum Gasteiger partial charge on any atom is 0.430 e. The van der Waals surface area contributed by atoms with Gasteiger partial charge in [-0.1, -0.05) is 19.9 Å². The normalized spacial score (nSPS) is 18.0. The minimum Gasteiger partial charge on any atom is -0.478 e. The standard InChI is InChI=1S/C15H15F3O3/c1-7(2)9-4-8(3)12-10(5-9)6-11(14(19)20)13(21-12)15(16,17)18/h4-7,13H,1-3H3,(H,19,20). The van der Waals surface area contributed by atoms with E-state index in [-0.39, 0.29) is 11.7 Å². The highest BCUT2D eigenvalue weighted by atomic mass is 19.4. The van der Waals surface area contributed by atoms with Crippen LogP contribution in [0, 0.1) is 6.92 Å². The van der Waals surface area contributed by atoms with Crippen molar-refractivity contribution >= 4 is 12.0 Å². The highest BCUT2D eigenvalue weighted by molar-refractivity contribution is 5.95. The SMILES string of the molecule is Cc1cc(C(C)C)cc2c1OC(C(F)(F)F)C(C(=O)O)=C2. The number of aryl methyl sites for hydroxylation is 1. The van der Waals surface area contributed by atoms with Crippen LogP contribution >= 0.6 is 0 Å². The molecule has 1 atom stereocenters. The van der Waals surface area contributed by atoms with Crippen LogP contribution < -0.4 is 4.74 Å². The molecule has 1 N–H and O–H groups in total. The van der Waals surface area contributed by atoms with Crippen LogP contribution in [0.1, 0.15) is 36.5 Å². The molecule has 0 saturated carbocycles. The van der Waals surface area contributed by atoms with Gasteiger partial charge in [-0.15, -0.1) is 0 Å². The van der Waals surface area contributed by atoms with Crippen LogP contribution in [0.3, 0.4) is 0 Å². The second-order valence-corrected chi connectivity index (χ2v) is 5.36. The number of fused-ring (bicyclic) bond motifs is 1. The van der Waals surface area contributed by atoms with Crippen LogP contribution in [0.5, 0.6) is 5.75 Å². The largest absolute Gasteiger partial charge is 0.478 e. The lowest BCUT2D eigenvalue weighted by atomic mass is 9.93. The first-order chi connectivity index (χ1) is 9.61. The lowest BCUT2D eigenvalue weighted by Gasteiger charge is -2.28. The minimum absolute atomic E-state index is 0.0896. The topological polar surface area (TPSA) is 46.5 Å². The van der Waals surface area contributed by atoms with E-state index in [9.17, 15) is 18.0 Å². The Labute approximate surface area is 120 Å².